The maximum Gasteiger partial charge on any atom is 0.189 e. The smallest absolute Gasteiger partial charge is 0.189 e. The molecule has 9 heteroatoms. The number of hydrogen-bond donors (Lipinski definition) is 1. The maximum atomic E-state index is 13.6. The van der Waals surface area contributed by atoms with Crippen LogP contribution in [0.1, 0.15) is 5.56 Å². The minimum atomic E-state index is -1.77. The summed E-state index contributed by atoms with van der Waals surface area (Å²) in [6, 6.07) is 1.60. The van der Waals surface area contributed by atoms with Crippen molar-refractivity contribution in [3.8, 4) is 11.8 Å². The van der Waals surface area contributed by atoms with Gasteiger partial charge in [-0.2, -0.15) is 10.4 Å². The molecule has 0 aliphatic rings. The van der Waals surface area contributed by atoms with Crippen LogP contribution in [-0.2, 0) is 0 Å². The number of hydrogen-bond acceptors (Lipinski definition) is 3. The van der Waals surface area contributed by atoms with Gasteiger partial charge >= 0.3 is 0 Å². The van der Waals surface area contributed by atoms with Crippen molar-refractivity contribution in [2.45, 2.75) is 0 Å². The van der Waals surface area contributed by atoms with Gasteiger partial charge in [-0.3, -0.25) is 0 Å². The molecule has 0 aliphatic carbocycles. The van der Waals surface area contributed by atoms with Crippen LogP contribution in [0, 0.1) is 34.6 Å². The largest absolute Gasteiger partial charge is 0.382 e. The molecule has 0 aliphatic heterocycles. The lowest BCUT2D eigenvalue weighted by Gasteiger charge is -2.09. The van der Waals surface area contributed by atoms with Gasteiger partial charge in [0, 0.05) is 0 Å². The summed E-state index contributed by atoms with van der Waals surface area (Å²) in [7, 11) is 0. The SMILES string of the molecule is N#Cc1cnn(-c2c(F)c(F)c(Cl)c(F)c2F)c1N. The van der Waals surface area contributed by atoms with Gasteiger partial charge in [0.25, 0.3) is 0 Å². The predicted octanol–water partition coefficient (Wildman–Crippen LogP) is 2.54. The first kappa shape index (κ1) is 13.2. The summed E-state index contributed by atoms with van der Waals surface area (Å²) in [5, 5.41) is 10.7. The lowest BCUT2D eigenvalue weighted by Crippen LogP contribution is -2.11. The first-order valence-corrected chi connectivity index (χ1v) is 5.03. The van der Waals surface area contributed by atoms with Gasteiger partial charge < -0.3 is 5.73 Å². The molecule has 2 aromatic rings. The Hall–Kier alpha value is -2.27. The summed E-state index contributed by atoms with van der Waals surface area (Å²) in [6.45, 7) is 0. The Morgan fingerprint density at radius 3 is 2.11 bits per heavy atom. The molecule has 0 spiro atoms. The Morgan fingerprint density at radius 1 is 1.16 bits per heavy atom. The van der Waals surface area contributed by atoms with Crippen molar-refractivity contribution >= 4 is 17.4 Å². The molecule has 0 atom stereocenters. The molecule has 0 saturated carbocycles. The Labute approximate surface area is 108 Å². The zero-order valence-corrected chi connectivity index (χ0v) is 9.64. The maximum absolute atomic E-state index is 13.6. The molecular formula is C10H3ClF4N4. The van der Waals surface area contributed by atoms with E-state index in [0.717, 1.165) is 6.20 Å². The molecule has 0 unspecified atom stereocenters. The van der Waals surface area contributed by atoms with Gasteiger partial charge in [0.15, 0.2) is 23.3 Å². The lowest BCUT2D eigenvalue weighted by atomic mass is 10.2. The highest BCUT2D eigenvalue weighted by Gasteiger charge is 2.27. The number of nitrogen functional groups attached to an aromatic ring is 1. The van der Waals surface area contributed by atoms with E-state index in [-0.39, 0.29) is 5.56 Å². The zero-order chi connectivity index (χ0) is 14.3. The predicted molar refractivity (Wildman–Crippen MR) is 57.5 cm³/mol. The van der Waals surface area contributed by atoms with Gasteiger partial charge in [0.1, 0.15) is 28.2 Å². The van der Waals surface area contributed by atoms with Crippen molar-refractivity contribution in [2.24, 2.45) is 0 Å². The number of nitrogens with two attached hydrogens (primary N) is 1. The van der Waals surface area contributed by atoms with Crippen LogP contribution in [-0.4, -0.2) is 9.78 Å². The van der Waals surface area contributed by atoms with E-state index in [1.165, 1.54) is 0 Å². The van der Waals surface area contributed by atoms with Crippen LogP contribution >= 0.6 is 11.6 Å². The summed E-state index contributed by atoms with van der Waals surface area (Å²) in [6.07, 6.45) is 0.901. The first-order chi connectivity index (χ1) is 8.90. The van der Waals surface area contributed by atoms with Crippen molar-refractivity contribution in [1.29, 1.82) is 5.26 Å². The minimum absolute atomic E-state index is 0.199. The van der Waals surface area contributed by atoms with E-state index in [1.54, 1.807) is 6.07 Å². The summed E-state index contributed by atoms with van der Waals surface area (Å²) in [4.78, 5) is 0. The van der Waals surface area contributed by atoms with Gasteiger partial charge in [-0.05, 0) is 0 Å². The fraction of sp³-hybridized carbons (Fsp3) is 0. The second kappa shape index (κ2) is 4.44. The summed E-state index contributed by atoms with van der Waals surface area (Å²) >= 11 is 5.08. The number of anilines is 1. The summed E-state index contributed by atoms with van der Waals surface area (Å²) < 4.78 is 54.2. The van der Waals surface area contributed by atoms with Crippen molar-refractivity contribution in [2.75, 3.05) is 5.73 Å². The quantitative estimate of drug-likeness (QED) is 0.498. The third-order valence-corrected chi connectivity index (χ3v) is 2.66. The van der Waals surface area contributed by atoms with Crippen LogP contribution in [0.3, 0.4) is 0 Å². The van der Waals surface area contributed by atoms with Crippen LogP contribution in [0.15, 0.2) is 6.20 Å². The zero-order valence-electron chi connectivity index (χ0n) is 8.89. The topological polar surface area (TPSA) is 67.6 Å². The van der Waals surface area contributed by atoms with E-state index < -0.39 is 39.8 Å². The van der Waals surface area contributed by atoms with Crippen LogP contribution in [0.5, 0.6) is 0 Å². The second-order valence-corrected chi connectivity index (χ2v) is 3.76. The van der Waals surface area contributed by atoms with E-state index >= 15 is 0 Å². The van der Waals surface area contributed by atoms with Gasteiger partial charge in [-0.15, -0.1) is 0 Å². The van der Waals surface area contributed by atoms with E-state index in [4.69, 9.17) is 22.6 Å². The first-order valence-electron chi connectivity index (χ1n) is 4.65. The van der Waals surface area contributed by atoms with Crippen molar-refractivity contribution in [3.05, 3.63) is 40.1 Å². The fourth-order valence-electron chi connectivity index (χ4n) is 1.40. The number of aromatic nitrogens is 2. The van der Waals surface area contributed by atoms with Crippen molar-refractivity contribution in [1.82, 2.24) is 9.78 Å². The van der Waals surface area contributed by atoms with Crippen LogP contribution in [0.25, 0.3) is 5.69 Å². The number of rotatable bonds is 1. The number of benzene rings is 1. The molecule has 0 radical (unpaired) electrons. The van der Waals surface area contributed by atoms with Crippen LogP contribution in [0.4, 0.5) is 23.4 Å². The summed E-state index contributed by atoms with van der Waals surface area (Å²) in [5.41, 5.74) is 4.01. The Bertz CT molecular complexity index is 690. The molecule has 19 heavy (non-hydrogen) atoms. The van der Waals surface area contributed by atoms with E-state index in [1.807, 2.05) is 0 Å². The van der Waals surface area contributed by atoms with Gasteiger partial charge in [0.05, 0.1) is 6.20 Å². The Kier molecular flexibility index (Phi) is 3.08. The molecule has 98 valence electrons. The third kappa shape index (κ3) is 1.79. The highest BCUT2D eigenvalue weighted by atomic mass is 35.5. The number of nitrogens with zero attached hydrogens (tertiary/aromatic N) is 3. The van der Waals surface area contributed by atoms with Gasteiger partial charge in [0.2, 0.25) is 0 Å². The number of nitriles is 1. The third-order valence-electron chi connectivity index (χ3n) is 2.33. The summed E-state index contributed by atoms with van der Waals surface area (Å²) in [5.74, 6) is -7.53. The highest BCUT2D eigenvalue weighted by Crippen LogP contribution is 2.31. The molecule has 2 rings (SSSR count). The Balaban J connectivity index is 2.84. The minimum Gasteiger partial charge on any atom is -0.382 e. The van der Waals surface area contributed by atoms with Crippen LogP contribution < -0.4 is 5.73 Å². The highest BCUT2D eigenvalue weighted by molar-refractivity contribution is 6.31. The monoisotopic (exact) mass is 290 g/mol. The average molecular weight is 291 g/mol. The van der Waals surface area contributed by atoms with E-state index in [2.05, 4.69) is 5.10 Å². The Morgan fingerprint density at radius 2 is 1.68 bits per heavy atom. The molecule has 2 N–H and O–H groups in total. The molecule has 0 amide bonds. The normalized spacial score (nSPS) is 10.5. The average Bonchev–Trinajstić information content (AvgIpc) is 2.76. The standard InChI is InChI=1S/C10H3ClF4N4/c11-4-5(12)7(14)9(8(15)6(4)13)19-10(17)3(1-16)2-18-19/h2H,17H2. The molecule has 4 nitrogen and oxygen atoms in total. The van der Waals surface area contributed by atoms with E-state index in [0.29, 0.717) is 4.68 Å². The van der Waals surface area contributed by atoms with Crippen LogP contribution in [0.2, 0.25) is 5.02 Å². The molecule has 0 bridgehead atoms. The van der Waals surface area contributed by atoms with Gasteiger partial charge in [-0.25, -0.2) is 22.2 Å². The molecule has 0 saturated heterocycles. The second-order valence-electron chi connectivity index (χ2n) is 3.39. The van der Waals surface area contributed by atoms with Crippen molar-refractivity contribution in [3.63, 3.8) is 0 Å². The van der Waals surface area contributed by atoms with Gasteiger partial charge in [-0.1, -0.05) is 11.6 Å². The molecule has 1 heterocycles. The van der Waals surface area contributed by atoms with Crippen molar-refractivity contribution < 1.29 is 17.6 Å². The molecule has 0 fully saturated rings. The number of halogens is 5. The molecule has 1 aromatic heterocycles. The fourth-order valence-corrected chi connectivity index (χ4v) is 1.57. The lowest BCUT2D eigenvalue weighted by molar-refractivity contribution is 0.445. The van der Waals surface area contributed by atoms with E-state index in [9.17, 15) is 17.6 Å². The molecular weight excluding hydrogens is 288 g/mol. The molecule has 1 aromatic carbocycles.